The highest BCUT2D eigenvalue weighted by molar-refractivity contribution is 7.90. The molecule has 0 radical (unpaired) electrons. The topological polar surface area (TPSA) is 89.5 Å². The van der Waals surface area contributed by atoms with Crippen molar-refractivity contribution in [2.24, 2.45) is 11.8 Å². The van der Waals surface area contributed by atoms with Crippen LogP contribution in [0.15, 0.2) is 23.1 Å². The zero-order valence-electron chi connectivity index (χ0n) is 15.1. The van der Waals surface area contributed by atoms with Crippen molar-refractivity contribution in [2.75, 3.05) is 12.9 Å². The third kappa shape index (κ3) is 5.20. The van der Waals surface area contributed by atoms with Gasteiger partial charge in [-0.3, -0.25) is 4.79 Å². The third-order valence-corrected chi connectivity index (χ3v) is 6.41. The summed E-state index contributed by atoms with van der Waals surface area (Å²) in [6.07, 6.45) is 4.15. The van der Waals surface area contributed by atoms with E-state index in [1.807, 2.05) is 0 Å². The zero-order chi connectivity index (χ0) is 19.5. The molecule has 1 N–H and O–H groups in total. The molecule has 144 valence electrons. The minimum atomic E-state index is -3.48. The molecule has 0 heterocycles. The van der Waals surface area contributed by atoms with Gasteiger partial charge in [0.15, 0.2) is 16.4 Å². The van der Waals surface area contributed by atoms with Crippen LogP contribution in [-0.4, -0.2) is 39.2 Å². The summed E-state index contributed by atoms with van der Waals surface area (Å²) in [5.74, 6) is -0.307. The first-order valence-electron chi connectivity index (χ1n) is 8.55. The number of ether oxygens (including phenoxy) is 1. The van der Waals surface area contributed by atoms with E-state index in [2.05, 4.69) is 19.2 Å². The average Bonchev–Trinajstić information content (AvgIpc) is 2.56. The number of halogens is 1. The molecule has 0 aliphatic heterocycles. The van der Waals surface area contributed by atoms with Crippen LogP contribution < -0.4 is 5.32 Å². The lowest BCUT2D eigenvalue weighted by Gasteiger charge is -2.34. The van der Waals surface area contributed by atoms with E-state index in [-0.39, 0.29) is 27.4 Å². The normalized spacial score (nSPS) is 23.3. The molecule has 3 atom stereocenters. The van der Waals surface area contributed by atoms with Gasteiger partial charge in [0.25, 0.3) is 5.91 Å². The smallest absolute Gasteiger partial charge is 0.340 e. The summed E-state index contributed by atoms with van der Waals surface area (Å²) >= 11 is 5.95. The molecule has 0 bridgehead atoms. The Morgan fingerprint density at radius 2 is 1.96 bits per heavy atom. The Labute approximate surface area is 159 Å². The lowest BCUT2D eigenvalue weighted by molar-refractivity contribution is -0.125. The fourth-order valence-electron chi connectivity index (χ4n) is 3.13. The van der Waals surface area contributed by atoms with E-state index in [0.29, 0.717) is 11.8 Å². The van der Waals surface area contributed by atoms with E-state index >= 15 is 0 Å². The minimum Gasteiger partial charge on any atom is -0.452 e. The summed E-state index contributed by atoms with van der Waals surface area (Å²) in [7, 11) is -3.48. The summed E-state index contributed by atoms with van der Waals surface area (Å²) < 4.78 is 28.2. The van der Waals surface area contributed by atoms with Crippen LogP contribution in [0.25, 0.3) is 0 Å². The van der Waals surface area contributed by atoms with Crippen molar-refractivity contribution in [3.8, 4) is 0 Å². The van der Waals surface area contributed by atoms with Crippen LogP contribution in [-0.2, 0) is 19.4 Å². The van der Waals surface area contributed by atoms with Gasteiger partial charge in [0, 0.05) is 12.3 Å². The van der Waals surface area contributed by atoms with Gasteiger partial charge < -0.3 is 10.1 Å². The molecule has 1 saturated carbocycles. The van der Waals surface area contributed by atoms with E-state index in [4.69, 9.17) is 16.3 Å². The maximum atomic E-state index is 12.2. The van der Waals surface area contributed by atoms with Crippen LogP contribution in [0.5, 0.6) is 0 Å². The molecule has 6 nitrogen and oxygen atoms in total. The van der Waals surface area contributed by atoms with Crippen molar-refractivity contribution in [1.29, 1.82) is 0 Å². The summed E-state index contributed by atoms with van der Waals surface area (Å²) in [6, 6.07) is 3.86. The van der Waals surface area contributed by atoms with Gasteiger partial charge in [0.1, 0.15) is 0 Å². The molecule has 1 amide bonds. The second-order valence-electron chi connectivity index (χ2n) is 6.93. The predicted octanol–water partition coefficient (Wildman–Crippen LogP) is 2.84. The molecule has 8 heteroatoms. The first-order valence-corrected chi connectivity index (χ1v) is 10.8. The number of carbonyl (C=O) groups is 2. The van der Waals surface area contributed by atoms with Gasteiger partial charge in [-0.05, 0) is 36.5 Å². The molecule has 0 unspecified atom stereocenters. The SMILES string of the molecule is C[C@@H]1[C@@H](C)CCC[C@H]1NC(=O)COC(=O)c1cc(S(C)(=O)=O)ccc1Cl. The van der Waals surface area contributed by atoms with Crippen LogP contribution in [0.3, 0.4) is 0 Å². The Morgan fingerprint density at radius 1 is 1.27 bits per heavy atom. The summed E-state index contributed by atoms with van der Waals surface area (Å²) in [6.45, 7) is 3.84. The molecular formula is C18H24ClNO5S. The highest BCUT2D eigenvalue weighted by Gasteiger charge is 2.28. The fraction of sp³-hybridized carbons (Fsp3) is 0.556. The van der Waals surface area contributed by atoms with E-state index in [1.165, 1.54) is 12.1 Å². The Morgan fingerprint density at radius 3 is 2.62 bits per heavy atom. The van der Waals surface area contributed by atoms with E-state index in [1.54, 1.807) is 0 Å². The van der Waals surface area contributed by atoms with Gasteiger partial charge in [-0.2, -0.15) is 0 Å². The molecule has 0 spiro atoms. The number of benzene rings is 1. The maximum absolute atomic E-state index is 12.2. The molecular weight excluding hydrogens is 378 g/mol. The van der Waals surface area contributed by atoms with Gasteiger partial charge in [-0.25, -0.2) is 13.2 Å². The highest BCUT2D eigenvalue weighted by Crippen LogP contribution is 2.29. The summed E-state index contributed by atoms with van der Waals surface area (Å²) in [4.78, 5) is 24.2. The van der Waals surface area contributed by atoms with Crippen molar-refractivity contribution in [1.82, 2.24) is 5.32 Å². The molecule has 1 aliphatic carbocycles. The number of nitrogens with one attached hydrogen (secondary N) is 1. The van der Waals surface area contributed by atoms with Crippen LogP contribution in [0, 0.1) is 11.8 Å². The lowest BCUT2D eigenvalue weighted by Crippen LogP contribution is -2.45. The summed E-state index contributed by atoms with van der Waals surface area (Å²) in [5, 5.41) is 2.98. The van der Waals surface area contributed by atoms with Crippen molar-refractivity contribution in [3.63, 3.8) is 0 Å². The Bertz CT molecular complexity index is 793. The minimum absolute atomic E-state index is 0.0386. The monoisotopic (exact) mass is 401 g/mol. The molecule has 1 aliphatic rings. The Hall–Kier alpha value is -1.60. The van der Waals surface area contributed by atoms with Gasteiger partial charge >= 0.3 is 5.97 Å². The molecule has 0 saturated heterocycles. The van der Waals surface area contributed by atoms with Crippen molar-refractivity contribution >= 4 is 33.3 Å². The standard InChI is InChI=1S/C18H24ClNO5S/c1-11-5-4-6-16(12(11)2)20-17(21)10-25-18(22)14-9-13(26(3,23)24)7-8-15(14)19/h7-9,11-12,16H,4-6,10H2,1-3H3,(H,20,21)/t11-,12+,16+/m0/s1. The van der Waals surface area contributed by atoms with E-state index in [9.17, 15) is 18.0 Å². The number of amides is 1. The van der Waals surface area contributed by atoms with Crippen LogP contribution in [0.2, 0.25) is 5.02 Å². The third-order valence-electron chi connectivity index (χ3n) is 4.97. The maximum Gasteiger partial charge on any atom is 0.340 e. The first-order chi connectivity index (χ1) is 12.1. The number of hydrogen-bond acceptors (Lipinski definition) is 5. The predicted molar refractivity (Wildman–Crippen MR) is 99.0 cm³/mol. The van der Waals surface area contributed by atoms with Crippen LogP contribution in [0.1, 0.15) is 43.5 Å². The molecule has 1 fully saturated rings. The zero-order valence-corrected chi connectivity index (χ0v) is 16.7. The lowest BCUT2D eigenvalue weighted by atomic mass is 9.78. The highest BCUT2D eigenvalue weighted by atomic mass is 35.5. The quantitative estimate of drug-likeness (QED) is 0.766. The average molecular weight is 402 g/mol. The number of esters is 1. The van der Waals surface area contributed by atoms with E-state index in [0.717, 1.165) is 31.6 Å². The first kappa shape index (κ1) is 20.7. The van der Waals surface area contributed by atoms with Crippen LogP contribution >= 0.6 is 11.6 Å². The second-order valence-corrected chi connectivity index (χ2v) is 9.35. The van der Waals surface area contributed by atoms with Gasteiger partial charge in [0.05, 0.1) is 15.5 Å². The largest absolute Gasteiger partial charge is 0.452 e. The van der Waals surface area contributed by atoms with E-state index < -0.39 is 22.4 Å². The molecule has 0 aromatic heterocycles. The molecule has 1 aromatic carbocycles. The number of rotatable bonds is 5. The molecule has 1 aromatic rings. The Kier molecular flexibility index (Phi) is 6.69. The van der Waals surface area contributed by atoms with Crippen LogP contribution in [0.4, 0.5) is 0 Å². The van der Waals surface area contributed by atoms with Gasteiger partial charge in [-0.15, -0.1) is 0 Å². The van der Waals surface area contributed by atoms with Crippen molar-refractivity contribution < 1.29 is 22.7 Å². The molecule has 26 heavy (non-hydrogen) atoms. The number of carbonyl (C=O) groups excluding carboxylic acids is 2. The van der Waals surface area contributed by atoms with Crippen molar-refractivity contribution in [2.45, 2.75) is 44.0 Å². The number of hydrogen-bond donors (Lipinski definition) is 1. The Balaban J connectivity index is 1.97. The fourth-order valence-corrected chi connectivity index (χ4v) is 3.98. The van der Waals surface area contributed by atoms with Gasteiger partial charge in [0.2, 0.25) is 0 Å². The molecule has 2 rings (SSSR count). The second kappa shape index (κ2) is 8.39. The number of sulfone groups is 1. The van der Waals surface area contributed by atoms with Gasteiger partial charge in [-0.1, -0.05) is 38.3 Å². The van der Waals surface area contributed by atoms with Crippen molar-refractivity contribution in [3.05, 3.63) is 28.8 Å². The summed E-state index contributed by atoms with van der Waals surface area (Å²) in [5.41, 5.74) is -0.0814.